The van der Waals surface area contributed by atoms with E-state index in [1.807, 2.05) is 6.07 Å². The molecule has 0 radical (unpaired) electrons. The van der Waals surface area contributed by atoms with Gasteiger partial charge in [0.2, 0.25) is 0 Å². The maximum absolute atomic E-state index is 11.2. The van der Waals surface area contributed by atoms with Crippen molar-refractivity contribution in [3.05, 3.63) is 53.9 Å². The Morgan fingerprint density at radius 1 is 1.26 bits per heavy atom. The molecule has 0 aliphatic rings. The first-order chi connectivity index (χ1) is 9.22. The van der Waals surface area contributed by atoms with Gasteiger partial charge >= 0.3 is 5.97 Å². The van der Waals surface area contributed by atoms with Crippen LogP contribution in [0.3, 0.4) is 0 Å². The maximum Gasteiger partial charge on any atom is 0.339 e. The molecule has 0 spiro atoms. The fourth-order valence-electron chi connectivity index (χ4n) is 1.62. The van der Waals surface area contributed by atoms with Crippen LogP contribution in [0.4, 0.5) is 0 Å². The molecule has 0 unspecified atom stereocenters. The quantitative estimate of drug-likeness (QED) is 0.892. The van der Waals surface area contributed by atoms with Crippen LogP contribution in [0.2, 0.25) is 0 Å². The van der Waals surface area contributed by atoms with Crippen molar-refractivity contribution in [2.75, 3.05) is 7.11 Å². The van der Waals surface area contributed by atoms with Crippen LogP contribution in [0.25, 0.3) is 0 Å². The van der Waals surface area contributed by atoms with Gasteiger partial charge in [0.15, 0.2) is 11.5 Å². The Morgan fingerprint density at radius 2 is 2.11 bits per heavy atom. The van der Waals surface area contributed by atoms with Crippen molar-refractivity contribution in [1.82, 2.24) is 4.98 Å². The standard InChI is InChI=1S/C14H13NO4/c1-18-12-7-4-6-11(14(16)17)13(12)19-9-10-5-2-3-8-15-10/h2-8H,9H2,1H3,(H,16,17). The lowest BCUT2D eigenvalue weighted by Crippen LogP contribution is -2.05. The van der Waals surface area contributed by atoms with E-state index in [1.54, 1.807) is 30.5 Å². The highest BCUT2D eigenvalue weighted by Gasteiger charge is 2.16. The molecule has 1 aromatic carbocycles. The Labute approximate surface area is 110 Å². The lowest BCUT2D eigenvalue weighted by atomic mass is 10.2. The van der Waals surface area contributed by atoms with Gasteiger partial charge in [0.25, 0.3) is 0 Å². The van der Waals surface area contributed by atoms with Crippen molar-refractivity contribution in [2.24, 2.45) is 0 Å². The number of ether oxygens (including phenoxy) is 2. The van der Waals surface area contributed by atoms with Crippen LogP contribution >= 0.6 is 0 Å². The summed E-state index contributed by atoms with van der Waals surface area (Å²) in [7, 11) is 1.47. The lowest BCUT2D eigenvalue weighted by molar-refractivity contribution is 0.0690. The molecule has 0 saturated carbocycles. The van der Waals surface area contributed by atoms with Gasteiger partial charge < -0.3 is 14.6 Å². The van der Waals surface area contributed by atoms with E-state index in [2.05, 4.69) is 4.98 Å². The molecule has 2 aromatic rings. The van der Waals surface area contributed by atoms with Gasteiger partial charge in [-0.2, -0.15) is 0 Å². The second-order valence-electron chi connectivity index (χ2n) is 3.75. The number of nitrogens with zero attached hydrogens (tertiary/aromatic N) is 1. The van der Waals surface area contributed by atoms with Gasteiger partial charge in [-0.05, 0) is 24.3 Å². The molecule has 19 heavy (non-hydrogen) atoms. The van der Waals surface area contributed by atoms with Crippen molar-refractivity contribution >= 4 is 5.97 Å². The molecule has 0 atom stereocenters. The average Bonchev–Trinajstić information content (AvgIpc) is 2.45. The number of para-hydroxylation sites is 1. The second-order valence-corrected chi connectivity index (χ2v) is 3.75. The Bertz CT molecular complexity index is 569. The predicted octanol–water partition coefficient (Wildman–Crippen LogP) is 2.37. The van der Waals surface area contributed by atoms with E-state index in [9.17, 15) is 4.79 Å². The molecule has 0 amide bonds. The first-order valence-electron chi connectivity index (χ1n) is 5.65. The van der Waals surface area contributed by atoms with Crippen LogP contribution in [0.15, 0.2) is 42.6 Å². The molecule has 0 bridgehead atoms. The number of carboxylic acids is 1. The number of carboxylic acid groups (broad SMARTS) is 1. The monoisotopic (exact) mass is 259 g/mol. The number of carbonyl (C=O) groups is 1. The third kappa shape index (κ3) is 3.01. The molecule has 0 fully saturated rings. The van der Waals surface area contributed by atoms with E-state index in [0.29, 0.717) is 11.4 Å². The molecule has 0 aliphatic heterocycles. The number of hydrogen-bond donors (Lipinski definition) is 1. The number of aromatic nitrogens is 1. The molecular weight excluding hydrogens is 246 g/mol. The number of hydrogen-bond acceptors (Lipinski definition) is 4. The molecule has 2 rings (SSSR count). The first kappa shape index (κ1) is 12.9. The molecule has 0 saturated heterocycles. The molecule has 98 valence electrons. The van der Waals surface area contributed by atoms with Crippen molar-refractivity contribution in [3.63, 3.8) is 0 Å². The van der Waals surface area contributed by atoms with Crippen molar-refractivity contribution < 1.29 is 19.4 Å². The van der Waals surface area contributed by atoms with Crippen LogP contribution in [0.1, 0.15) is 16.1 Å². The Morgan fingerprint density at radius 3 is 2.74 bits per heavy atom. The summed E-state index contributed by atoms with van der Waals surface area (Å²) in [6.07, 6.45) is 1.65. The average molecular weight is 259 g/mol. The van der Waals surface area contributed by atoms with Gasteiger partial charge in [0.05, 0.1) is 12.8 Å². The molecular formula is C14H13NO4. The number of aromatic carboxylic acids is 1. The maximum atomic E-state index is 11.2. The number of methoxy groups -OCH3 is 1. The van der Waals surface area contributed by atoms with Crippen LogP contribution in [0.5, 0.6) is 11.5 Å². The zero-order valence-corrected chi connectivity index (χ0v) is 10.4. The van der Waals surface area contributed by atoms with Gasteiger partial charge in [-0.3, -0.25) is 4.98 Å². The van der Waals surface area contributed by atoms with Gasteiger partial charge in [-0.25, -0.2) is 4.79 Å². The van der Waals surface area contributed by atoms with E-state index in [4.69, 9.17) is 14.6 Å². The minimum Gasteiger partial charge on any atom is -0.493 e. The summed E-state index contributed by atoms with van der Waals surface area (Å²) < 4.78 is 10.7. The van der Waals surface area contributed by atoms with Crippen molar-refractivity contribution in [3.8, 4) is 11.5 Å². The molecule has 1 heterocycles. The molecule has 0 aliphatic carbocycles. The number of rotatable bonds is 5. The SMILES string of the molecule is COc1cccc(C(=O)O)c1OCc1ccccn1. The summed E-state index contributed by atoms with van der Waals surface area (Å²) >= 11 is 0. The van der Waals surface area contributed by atoms with Gasteiger partial charge in [-0.15, -0.1) is 0 Å². The third-order valence-corrected chi connectivity index (χ3v) is 2.52. The van der Waals surface area contributed by atoms with Crippen LogP contribution < -0.4 is 9.47 Å². The minimum absolute atomic E-state index is 0.0651. The smallest absolute Gasteiger partial charge is 0.339 e. The predicted molar refractivity (Wildman–Crippen MR) is 68.5 cm³/mol. The third-order valence-electron chi connectivity index (χ3n) is 2.52. The highest BCUT2D eigenvalue weighted by molar-refractivity contribution is 5.92. The van der Waals surface area contributed by atoms with E-state index >= 15 is 0 Å². The second kappa shape index (κ2) is 5.86. The van der Waals surface area contributed by atoms with E-state index in [1.165, 1.54) is 13.2 Å². The topological polar surface area (TPSA) is 68.7 Å². The first-order valence-corrected chi connectivity index (χ1v) is 5.65. The highest BCUT2D eigenvalue weighted by Crippen LogP contribution is 2.31. The van der Waals surface area contributed by atoms with Gasteiger partial charge in [0, 0.05) is 6.20 Å². The molecule has 5 heteroatoms. The number of benzene rings is 1. The van der Waals surface area contributed by atoms with Crippen molar-refractivity contribution in [2.45, 2.75) is 6.61 Å². The van der Waals surface area contributed by atoms with Gasteiger partial charge in [0.1, 0.15) is 12.2 Å². The minimum atomic E-state index is -1.06. The highest BCUT2D eigenvalue weighted by atomic mass is 16.5. The normalized spacial score (nSPS) is 9.95. The fourth-order valence-corrected chi connectivity index (χ4v) is 1.62. The Hall–Kier alpha value is -2.56. The zero-order valence-electron chi connectivity index (χ0n) is 10.4. The lowest BCUT2D eigenvalue weighted by Gasteiger charge is -2.12. The number of pyridine rings is 1. The Kier molecular flexibility index (Phi) is 3.97. The molecule has 1 aromatic heterocycles. The van der Waals surface area contributed by atoms with E-state index < -0.39 is 5.97 Å². The summed E-state index contributed by atoms with van der Waals surface area (Å²) in [6.45, 7) is 0.182. The fraction of sp³-hybridized carbons (Fsp3) is 0.143. The van der Waals surface area contributed by atoms with E-state index in [-0.39, 0.29) is 17.9 Å². The van der Waals surface area contributed by atoms with Crippen LogP contribution in [-0.2, 0) is 6.61 Å². The summed E-state index contributed by atoms with van der Waals surface area (Å²) in [4.78, 5) is 15.3. The summed E-state index contributed by atoms with van der Waals surface area (Å²) in [5.74, 6) is -0.464. The molecule has 1 N–H and O–H groups in total. The summed E-state index contributed by atoms with van der Waals surface area (Å²) in [6, 6.07) is 10.2. The van der Waals surface area contributed by atoms with Crippen molar-refractivity contribution in [1.29, 1.82) is 0 Å². The largest absolute Gasteiger partial charge is 0.493 e. The van der Waals surface area contributed by atoms with Crippen LogP contribution in [0, 0.1) is 0 Å². The van der Waals surface area contributed by atoms with Gasteiger partial charge in [-0.1, -0.05) is 12.1 Å². The summed E-state index contributed by atoms with van der Waals surface area (Å²) in [5, 5.41) is 9.13. The zero-order chi connectivity index (χ0) is 13.7. The van der Waals surface area contributed by atoms with E-state index in [0.717, 1.165) is 0 Å². The molecule has 5 nitrogen and oxygen atoms in total. The summed E-state index contributed by atoms with van der Waals surface area (Å²) in [5.41, 5.74) is 0.778. The van der Waals surface area contributed by atoms with Crippen LogP contribution in [-0.4, -0.2) is 23.2 Å². The Balaban J connectivity index is 2.25.